The summed E-state index contributed by atoms with van der Waals surface area (Å²) in [6.07, 6.45) is 1.64. The van der Waals surface area contributed by atoms with E-state index in [4.69, 9.17) is 11.6 Å². The molecule has 1 aliphatic rings. The summed E-state index contributed by atoms with van der Waals surface area (Å²) < 4.78 is 29.8. The molecule has 1 fully saturated rings. The van der Waals surface area contributed by atoms with Gasteiger partial charge in [0.05, 0.1) is 15.3 Å². The number of thioether (sulfide) groups is 1. The molecular formula is C41H40ClN7O5S2. The van der Waals surface area contributed by atoms with Gasteiger partial charge in [-0.05, 0) is 77.7 Å². The molecule has 0 spiro atoms. The van der Waals surface area contributed by atoms with Crippen LogP contribution in [-0.4, -0.2) is 77.9 Å². The molecule has 1 saturated heterocycles. The van der Waals surface area contributed by atoms with Crippen molar-refractivity contribution in [3.05, 3.63) is 142 Å². The van der Waals surface area contributed by atoms with E-state index >= 15 is 0 Å². The third-order valence-electron chi connectivity index (χ3n) is 9.66. The standard InChI is InChI=1S/C41H40ClN7O5S2/c42-31-12-10-29(11-13-31)36-9-5-4-6-30(36)26-47-19-21-48(22-20-47)33-14-16-37-39(24-33)43-28-44-41(37)46-56(53,54)35-15-17-38(40(25-35)49(51)52)45-32(18-23-50)27-55-34-7-2-1-3-8-34/h1-17,24-25,28,32,45,50H,18-23,26-27H2,(H,43,44,46)/t32-/m1/s1. The molecule has 0 radical (unpaired) electrons. The smallest absolute Gasteiger partial charge is 0.293 e. The average molecular weight is 810 g/mol. The van der Waals surface area contributed by atoms with Gasteiger partial charge in [0.1, 0.15) is 12.0 Å². The van der Waals surface area contributed by atoms with Crippen molar-refractivity contribution < 1.29 is 18.4 Å². The predicted octanol–water partition coefficient (Wildman–Crippen LogP) is 7.94. The lowest BCUT2D eigenvalue weighted by atomic mass is 9.99. The number of sulfonamides is 1. The molecule has 1 atom stereocenters. The number of halogens is 1. The van der Waals surface area contributed by atoms with E-state index in [-0.39, 0.29) is 29.0 Å². The number of fused-ring (bicyclic) bond motifs is 1. The van der Waals surface area contributed by atoms with Crippen molar-refractivity contribution >= 4 is 67.2 Å². The van der Waals surface area contributed by atoms with Crippen molar-refractivity contribution in [1.82, 2.24) is 14.9 Å². The number of aliphatic hydroxyl groups excluding tert-OH is 1. The monoisotopic (exact) mass is 809 g/mol. The molecule has 12 nitrogen and oxygen atoms in total. The highest BCUT2D eigenvalue weighted by Crippen LogP contribution is 2.33. The van der Waals surface area contributed by atoms with Crippen LogP contribution in [-0.2, 0) is 16.6 Å². The molecule has 0 amide bonds. The minimum absolute atomic E-state index is 0.0662. The summed E-state index contributed by atoms with van der Waals surface area (Å²) in [7, 11) is -4.29. The molecule has 1 aliphatic heterocycles. The lowest BCUT2D eigenvalue weighted by Crippen LogP contribution is -2.46. The van der Waals surface area contributed by atoms with E-state index in [1.807, 2.05) is 66.7 Å². The molecule has 7 rings (SSSR count). The van der Waals surface area contributed by atoms with E-state index in [2.05, 4.69) is 54.1 Å². The number of hydrogen-bond acceptors (Lipinski definition) is 11. The van der Waals surface area contributed by atoms with Gasteiger partial charge in [-0.2, -0.15) is 0 Å². The fourth-order valence-corrected chi connectivity index (χ4v) is 8.89. The number of aliphatic hydroxyl groups is 1. The van der Waals surface area contributed by atoms with Crippen molar-refractivity contribution in [1.29, 1.82) is 0 Å². The Morgan fingerprint density at radius 1 is 0.893 bits per heavy atom. The summed E-state index contributed by atoms with van der Waals surface area (Å²) in [5, 5.41) is 26.1. The average Bonchev–Trinajstić information content (AvgIpc) is 3.21. The number of nitro groups is 1. The highest BCUT2D eigenvalue weighted by Gasteiger charge is 2.25. The third-order valence-corrected chi connectivity index (χ3v) is 12.4. The predicted molar refractivity (Wildman–Crippen MR) is 224 cm³/mol. The number of benzene rings is 5. The number of aromatic nitrogens is 2. The molecule has 15 heteroatoms. The zero-order valence-electron chi connectivity index (χ0n) is 30.3. The van der Waals surface area contributed by atoms with Crippen molar-refractivity contribution in [2.75, 3.05) is 53.5 Å². The van der Waals surface area contributed by atoms with Crippen molar-refractivity contribution in [3.8, 4) is 11.1 Å². The fraction of sp³-hybridized carbons (Fsp3) is 0.220. The molecular weight excluding hydrogens is 770 g/mol. The molecule has 0 bridgehead atoms. The molecule has 6 aromatic rings. The van der Waals surface area contributed by atoms with Gasteiger partial charge in [-0.1, -0.05) is 66.2 Å². The van der Waals surface area contributed by atoms with Crippen LogP contribution in [0.1, 0.15) is 12.0 Å². The number of nitro benzene ring substituents is 1. The minimum Gasteiger partial charge on any atom is -0.396 e. The van der Waals surface area contributed by atoms with E-state index < -0.39 is 20.6 Å². The van der Waals surface area contributed by atoms with Crippen LogP contribution in [0.5, 0.6) is 0 Å². The Morgan fingerprint density at radius 3 is 2.39 bits per heavy atom. The Balaban J connectivity index is 1.02. The normalized spacial score (nSPS) is 14.1. The first-order valence-electron chi connectivity index (χ1n) is 18.1. The van der Waals surface area contributed by atoms with E-state index in [9.17, 15) is 23.6 Å². The number of anilines is 3. The summed E-state index contributed by atoms with van der Waals surface area (Å²) in [4.78, 5) is 25.6. The van der Waals surface area contributed by atoms with Gasteiger partial charge in [0.15, 0.2) is 5.82 Å². The highest BCUT2D eigenvalue weighted by molar-refractivity contribution is 7.99. The van der Waals surface area contributed by atoms with Crippen LogP contribution >= 0.6 is 23.4 Å². The zero-order valence-corrected chi connectivity index (χ0v) is 32.7. The van der Waals surface area contributed by atoms with Crippen molar-refractivity contribution in [2.24, 2.45) is 0 Å². The molecule has 0 aliphatic carbocycles. The zero-order chi connectivity index (χ0) is 39.1. The van der Waals surface area contributed by atoms with Crippen molar-refractivity contribution in [2.45, 2.75) is 28.8 Å². The quantitative estimate of drug-likeness (QED) is 0.0527. The number of piperazine rings is 1. The van der Waals surface area contributed by atoms with Crippen LogP contribution in [0.3, 0.4) is 0 Å². The lowest BCUT2D eigenvalue weighted by molar-refractivity contribution is -0.384. The second-order valence-corrected chi connectivity index (χ2v) is 16.6. The van der Waals surface area contributed by atoms with Gasteiger partial charge >= 0.3 is 0 Å². The maximum absolute atomic E-state index is 13.6. The van der Waals surface area contributed by atoms with Crippen LogP contribution in [0.4, 0.5) is 22.9 Å². The van der Waals surface area contributed by atoms with Gasteiger partial charge in [-0.15, -0.1) is 11.8 Å². The summed E-state index contributed by atoms with van der Waals surface area (Å²) in [6.45, 7) is 4.02. The van der Waals surface area contributed by atoms with Gasteiger partial charge in [0.2, 0.25) is 0 Å². The molecule has 0 saturated carbocycles. The van der Waals surface area contributed by atoms with Gasteiger partial charge in [-0.3, -0.25) is 19.7 Å². The Labute approximate surface area is 334 Å². The Morgan fingerprint density at radius 2 is 1.64 bits per heavy atom. The maximum Gasteiger partial charge on any atom is 0.293 e. The second-order valence-electron chi connectivity index (χ2n) is 13.4. The number of nitrogens with zero attached hydrogens (tertiary/aromatic N) is 5. The van der Waals surface area contributed by atoms with E-state index in [1.54, 1.807) is 17.8 Å². The minimum atomic E-state index is -4.29. The molecule has 288 valence electrons. The Bertz CT molecular complexity index is 2420. The molecule has 0 unspecified atom stereocenters. The van der Waals surface area contributed by atoms with Crippen LogP contribution in [0, 0.1) is 10.1 Å². The summed E-state index contributed by atoms with van der Waals surface area (Å²) in [6, 6.07) is 35.1. The van der Waals surface area contributed by atoms with Gasteiger partial charge in [-0.25, -0.2) is 18.4 Å². The number of rotatable bonds is 15. The summed E-state index contributed by atoms with van der Waals surface area (Å²) in [5.41, 5.74) is 4.86. The fourth-order valence-electron chi connectivity index (χ4n) is 6.72. The second kappa shape index (κ2) is 17.7. The Hall–Kier alpha value is -5.25. The molecule has 1 aromatic heterocycles. The molecule has 5 aromatic carbocycles. The van der Waals surface area contributed by atoms with E-state index in [0.29, 0.717) is 28.1 Å². The first kappa shape index (κ1) is 39.0. The number of nitrogens with one attached hydrogen (secondary N) is 2. The van der Waals surface area contributed by atoms with Gasteiger partial charge < -0.3 is 15.3 Å². The summed E-state index contributed by atoms with van der Waals surface area (Å²) in [5.74, 6) is 0.597. The van der Waals surface area contributed by atoms with Gasteiger partial charge in [0, 0.05) is 78.2 Å². The first-order chi connectivity index (χ1) is 27.2. The van der Waals surface area contributed by atoms with E-state index in [0.717, 1.165) is 54.9 Å². The van der Waals surface area contributed by atoms with E-state index in [1.165, 1.54) is 29.6 Å². The van der Waals surface area contributed by atoms with Crippen LogP contribution in [0.15, 0.2) is 131 Å². The van der Waals surface area contributed by atoms with Crippen LogP contribution in [0.2, 0.25) is 5.02 Å². The van der Waals surface area contributed by atoms with Crippen LogP contribution < -0.4 is 14.9 Å². The number of hydrogen-bond donors (Lipinski definition) is 3. The third kappa shape index (κ3) is 9.40. The van der Waals surface area contributed by atoms with Crippen molar-refractivity contribution in [3.63, 3.8) is 0 Å². The topological polar surface area (TPSA) is 154 Å². The molecule has 3 N–H and O–H groups in total. The highest BCUT2D eigenvalue weighted by atomic mass is 35.5. The Kier molecular flexibility index (Phi) is 12.3. The van der Waals surface area contributed by atoms with Gasteiger partial charge in [0.25, 0.3) is 15.7 Å². The molecule has 56 heavy (non-hydrogen) atoms. The first-order valence-corrected chi connectivity index (χ1v) is 20.9. The maximum atomic E-state index is 13.6. The SMILES string of the molecule is O=[N+]([O-])c1cc(S(=O)(=O)Nc2ncnc3cc(N4CCN(Cc5ccccc5-c5ccc(Cl)cc5)CC4)ccc23)ccc1N[C@H](CCO)CSc1ccccc1. The largest absolute Gasteiger partial charge is 0.396 e. The lowest BCUT2D eigenvalue weighted by Gasteiger charge is -2.36. The molecule has 2 heterocycles. The van der Waals surface area contributed by atoms with Crippen LogP contribution in [0.25, 0.3) is 22.0 Å². The summed E-state index contributed by atoms with van der Waals surface area (Å²) >= 11 is 7.68.